The molecule has 0 aromatic carbocycles. The van der Waals surface area contributed by atoms with Crippen molar-refractivity contribution in [2.75, 3.05) is 32.7 Å². The minimum Gasteiger partial charge on any atom is -0.330 e. The Morgan fingerprint density at radius 2 is 1.81 bits per heavy atom. The van der Waals surface area contributed by atoms with E-state index in [-0.39, 0.29) is 0 Å². The summed E-state index contributed by atoms with van der Waals surface area (Å²) < 4.78 is 0. The molecular weight excluding hydrogens is 198 g/mol. The first-order chi connectivity index (χ1) is 7.88. The lowest BCUT2D eigenvalue weighted by atomic mass is 9.78. The zero-order chi connectivity index (χ0) is 11.0. The van der Waals surface area contributed by atoms with Gasteiger partial charge in [-0.15, -0.1) is 0 Å². The fourth-order valence-corrected chi connectivity index (χ4v) is 3.79. The molecule has 3 atom stereocenters. The predicted octanol–water partition coefficient (Wildman–Crippen LogP) is 0.894. The summed E-state index contributed by atoms with van der Waals surface area (Å²) in [6, 6.07) is 1.69. The SMILES string of the molecule is NCC1CCC1N1CCN2CCCCC2C1. The van der Waals surface area contributed by atoms with Gasteiger partial charge in [-0.05, 0) is 44.7 Å². The molecule has 16 heavy (non-hydrogen) atoms. The summed E-state index contributed by atoms with van der Waals surface area (Å²) in [5.74, 6) is 0.801. The molecular formula is C13H25N3. The van der Waals surface area contributed by atoms with Crippen molar-refractivity contribution >= 4 is 0 Å². The molecule has 3 fully saturated rings. The van der Waals surface area contributed by atoms with Gasteiger partial charge in [-0.25, -0.2) is 0 Å². The van der Waals surface area contributed by atoms with Gasteiger partial charge in [-0.3, -0.25) is 9.80 Å². The first-order valence-electron chi connectivity index (χ1n) is 7.06. The molecule has 92 valence electrons. The van der Waals surface area contributed by atoms with Crippen LogP contribution in [0.15, 0.2) is 0 Å². The molecule has 0 aromatic heterocycles. The van der Waals surface area contributed by atoms with Gasteiger partial charge in [0.25, 0.3) is 0 Å². The van der Waals surface area contributed by atoms with Gasteiger partial charge >= 0.3 is 0 Å². The second-order valence-electron chi connectivity index (χ2n) is 5.82. The van der Waals surface area contributed by atoms with E-state index >= 15 is 0 Å². The first-order valence-corrected chi connectivity index (χ1v) is 7.06. The second kappa shape index (κ2) is 4.63. The van der Waals surface area contributed by atoms with Crippen LogP contribution in [0, 0.1) is 5.92 Å². The molecule has 0 amide bonds. The van der Waals surface area contributed by atoms with Crippen molar-refractivity contribution in [2.45, 2.75) is 44.2 Å². The zero-order valence-corrected chi connectivity index (χ0v) is 10.3. The van der Waals surface area contributed by atoms with E-state index in [1.165, 1.54) is 58.3 Å². The number of nitrogens with zero attached hydrogens (tertiary/aromatic N) is 2. The fraction of sp³-hybridized carbons (Fsp3) is 1.00. The van der Waals surface area contributed by atoms with Crippen LogP contribution in [-0.4, -0.2) is 54.6 Å². The summed E-state index contributed by atoms with van der Waals surface area (Å²) in [5.41, 5.74) is 5.83. The molecule has 1 aliphatic carbocycles. The van der Waals surface area contributed by atoms with Gasteiger partial charge in [0.15, 0.2) is 0 Å². The predicted molar refractivity (Wildman–Crippen MR) is 66.4 cm³/mol. The molecule has 3 aliphatic rings. The van der Waals surface area contributed by atoms with Gasteiger partial charge in [0.1, 0.15) is 0 Å². The molecule has 0 radical (unpaired) electrons. The minimum atomic E-state index is 0.801. The molecule has 2 heterocycles. The molecule has 3 unspecified atom stereocenters. The lowest BCUT2D eigenvalue weighted by Crippen LogP contribution is -2.61. The molecule has 0 aromatic rings. The monoisotopic (exact) mass is 223 g/mol. The van der Waals surface area contributed by atoms with Crippen LogP contribution in [-0.2, 0) is 0 Å². The number of hydrogen-bond acceptors (Lipinski definition) is 3. The van der Waals surface area contributed by atoms with Gasteiger partial charge in [0.2, 0.25) is 0 Å². The average molecular weight is 223 g/mol. The maximum absolute atomic E-state index is 5.83. The van der Waals surface area contributed by atoms with Crippen LogP contribution in [0.4, 0.5) is 0 Å². The fourth-order valence-electron chi connectivity index (χ4n) is 3.79. The van der Waals surface area contributed by atoms with E-state index in [1.807, 2.05) is 0 Å². The second-order valence-corrected chi connectivity index (χ2v) is 5.82. The van der Waals surface area contributed by atoms with Gasteiger partial charge in [-0.2, -0.15) is 0 Å². The normalized spacial score (nSPS) is 41.4. The Morgan fingerprint density at radius 3 is 2.56 bits per heavy atom. The van der Waals surface area contributed by atoms with Gasteiger partial charge in [0.05, 0.1) is 0 Å². The maximum atomic E-state index is 5.83. The smallest absolute Gasteiger partial charge is 0.0223 e. The lowest BCUT2D eigenvalue weighted by molar-refractivity contribution is -0.0156. The van der Waals surface area contributed by atoms with E-state index in [0.717, 1.165) is 24.5 Å². The largest absolute Gasteiger partial charge is 0.330 e. The molecule has 3 rings (SSSR count). The van der Waals surface area contributed by atoms with E-state index in [2.05, 4.69) is 9.80 Å². The number of nitrogens with two attached hydrogens (primary N) is 1. The lowest BCUT2D eigenvalue weighted by Gasteiger charge is -2.51. The first kappa shape index (κ1) is 11.0. The van der Waals surface area contributed by atoms with E-state index in [9.17, 15) is 0 Å². The van der Waals surface area contributed by atoms with Crippen molar-refractivity contribution in [2.24, 2.45) is 11.7 Å². The van der Waals surface area contributed by atoms with E-state index in [0.29, 0.717) is 0 Å². The molecule has 2 aliphatic heterocycles. The van der Waals surface area contributed by atoms with Crippen LogP contribution in [0.2, 0.25) is 0 Å². The van der Waals surface area contributed by atoms with Gasteiger partial charge in [0, 0.05) is 31.7 Å². The topological polar surface area (TPSA) is 32.5 Å². The molecule has 2 N–H and O–H groups in total. The van der Waals surface area contributed by atoms with Crippen molar-refractivity contribution in [1.82, 2.24) is 9.80 Å². The highest BCUT2D eigenvalue weighted by atomic mass is 15.3. The Bertz CT molecular complexity index is 241. The zero-order valence-electron chi connectivity index (χ0n) is 10.3. The van der Waals surface area contributed by atoms with Crippen LogP contribution in [0.1, 0.15) is 32.1 Å². The van der Waals surface area contributed by atoms with Crippen LogP contribution < -0.4 is 5.73 Å². The van der Waals surface area contributed by atoms with E-state index in [4.69, 9.17) is 5.73 Å². The van der Waals surface area contributed by atoms with Crippen LogP contribution in [0.5, 0.6) is 0 Å². The van der Waals surface area contributed by atoms with Gasteiger partial charge in [-0.1, -0.05) is 6.42 Å². The number of piperazine rings is 1. The van der Waals surface area contributed by atoms with Crippen LogP contribution >= 0.6 is 0 Å². The van der Waals surface area contributed by atoms with Crippen molar-refractivity contribution in [3.63, 3.8) is 0 Å². The number of hydrogen-bond donors (Lipinski definition) is 1. The van der Waals surface area contributed by atoms with E-state index in [1.54, 1.807) is 0 Å². The highest BCUT2D eigenvalue weighted by molar-refractivity contribution is 4.94. The minimum absolute atomic E-state index is 0.801. The number of fused-ring (bicyclic) bond motifs is 1. The summed E-state index contributed by atoms with van der Waals surface area (Å²) in [5, 5.41) is 0. The molecule has 2 saturated heterocycles. The maximum Gasteiger partial charge on any atom is 0.0223 e. The summed E-state index contributed by atoms with van der Waals surface area (Å²) >= 11 is 0. The molecule has 0 spiro atoms. The van der Waals surface area contributed by atoms with Crippen molar-refractivity contribution in [1.29, 1.82) is 0 Å². The highest BCUT2D eigenvalue weighted by Crippen LogP contribution is 2.33. The summed E-state index contributed by atoms with van der Waals surface area (Å²) in [4.78, 5) is 5.46. The number of rotatable bonds is 2. The summed E-state index contributed by atoms with van der Waals surface area (Å²) in [6.45, 7) is 6.16. The average Bonchev–Trinajstić information content (AvgIpc) is 2.28. The third-order valence-corrected chi connectivity index (χ3v) is 5.02. The van der Waals surface area contributed by atoms with Crippen molar-refractivity contribution in [3.05, 3.63) is 0 Å². The Balaban J connectivity index is 1.58. The molecule has 1 saturated carbocycles. The molecule has 3 heteroatoms. The third kappa shape index (κ3) is 1.89. The standard InChI is InChI=1S/C13H25N3/c14-9-11-4-5-13(11)16-8-7-15-6-2-1-3-12(15)10-16/h11-13H,1-10,14H2. The highest BCUT2D eigenvalue weighted by Gasteiger charge is 2.38. The van der Waals surface area contributed by atoms with Crippen molar-refractivity contribution < 1.29 is 0 Å². The van der Waals surface area contributed by atoms with Crippen LogP contribution in [0.25, 0.3) is 0 Å². The van der Waals surface area contributed by atoms with Crippen LogP contribution in [0.3, 0.4) is 0 Å². The summed E-state index contributed by atoms with van der Waals surface area (Å²) in [6.07, 6.45) is 7.06. The van der Waals surface area contributed by atoms with E-state index < -0.39 is 0 Å². The quantitative estimate of drug-likeness (QED) is 0.755. The Labute approximate surface area is 99.0 Å². The Hall–Kier alpha value is -0.120. The number of piperidine rings is 1. The van der Waals surface area contributed by atoms with Crippen molar-refractivity contribution in [3.8, 4) is 0 Å². The summed E-state index contributed by atoms with van der Waals surface area (Å²) in [7, 11) is 0. The third-order valence-electron chi connectivity index (χ3n) is 5.02. The molecule has 3 nitrogen and oxygen atoms in total. The molecule has 0 bridgehead atoms. The Kier molecular flexibility index (Phi) is 3.18. The Morgan fingerprint density at radius 1 is 0.938 bits per heavy atom. The van der Waals surface area contributed by atoms with Gasteiger partial charge < -0.3 is 5.73 Å².